The Bertz CT molecular complexity index is 570. The van der Waals surface area contributed by atoms with Crippen molar-refractivity contribution in [1.29, 1.82) is 0 Å². The maximum Gasteiger partial charge on any atom is 0.109 e. The van der Waals surface area contributed by atoms with Gasteiger partial charge < -0.3 is 15.0 Å². The number of benzene rings is 1. The molecule has 1 saturated heterocycles. The Balaban J connectivity index is 1.84. The molecule has 0 radical (unpaired) electrons. The van der Waals surface area contributed by atoms with Gasteiger partial charge in [-0.05, 0) is 30.9 Å². The number of imidazole rings is 1. The maximum absolute atomic E-state index is 5.78. The number of hydrogen-bond acceptors (Lipinski definition) is 3. The van der Waals surface area contributed by atoms with Gasteiger partial charge in [-0.3, -0.25) is 0 Å². The predicted octanol–water partition coefficient (Wildman–Crippen LogP) is 2.14. The predicted molar refractivity (Wildman–Crippen MR) is 75.9 cm³/mol. The third kappa shape index (κ3) is 2.38. The highest BCUT2D eigenvalue weighted by Crippen LogP contribution is 2.22. The Morgan fingerprint density at radius 2 is 2.37 bits per heavy atom. The van der Waals surface area contributed by atoms with Crippen LogP contribution in [-0.2, 0) is 24.8 Å². The zero-order valence-electron chi connectivity index (χ0n) is 11.4. The van der Waals surface area contributed by atoms with E-state index in [-0.39, 0.29) is 0 Å². The first kappa shape index (κ1) is 12.6. The topological polar surface area (TPSA) is 53.1 Å². The number of nitrogens with zero attached hydrogens (tertiary/aromatic N) is 2. The van der Waals surface area contributed by atoms with E-state index in [9.17, 15) is 0 Å². The molecule has 0 aliphatic carbocycles. The molecule has 1 unspecified atom stereocenters. The lowest BCUT2D eigenvalue weighted by atomic mass is 10.1. The van der Waals surface area contributed by atoms with E-state index < -0.39 is 0 Å². The summed E-state index contributed by atoms with van der Waals surface area (Å²) in [6.07, 6.45) is 4.85. The van der Waals surface area contributed by atoms with Gasteiger partial charge in [0, 0.05) is 26.6 Å². The number of aromatic nitrogens is 2. The Morgan fingerprint density at radius 1 is 1.47 bits per heavy atom. The normalized spacial score (nSPS) is 19.4. The van der Waals surface area contributed by atoms with Crippen molar-refractivity contribution in [2.45, 2.75) is 38.3 Å². The second-order valence-corrected chi connectivity index (χ2v) is 5.25. The van der Waals surface area contributed by atoms with Crippen molar-refractivity contribution in [3.05, 3.63) is 29.6 Å². The number of rotatable bonds is 4. The Morgan fingerprint density at radius 3 is 3.11 bits per heavy atom. The van der Waals surface area contributed by atoms with Gasteiger partial charge in [-0.2, -0.15) is 0 Å². The molecular weight excluding hydrogens is 238 g/mol. The molecule has 19 heavy (non-hydrogen) atoms. The number of hydrogen-bond donors (Lipinski definition) is 1. The number of fused-ring (bicyclic) bond motifs is 1. The monoisotopic (exact) mass is 259 g/mol. The number of para-hydroxylation sites is 1. The highest BCUT2D eigenvalue weighted by atomic mass is 16.5. The summed E-state index contributed by atoms with van der Waals surface area (Å²) in [5.41, 5.74) is 9.12. The van der Waals surface area contributed by atoms with E-state index in [2.05, 4.69) is 29.8 Å². The van der Waals surface area contributed by atoms with Crippen molar-refractivity contribution in [2.75, 3.05) is 6.61 Å². The highest BCUT2D eigenvalue weighted by Gasteiger charge is 2.17. The summed E-state index contributed by atoms with van der Waals surface area (Å²) in [7, 11) is 2.08. The smallest absolute Gasteiger partial charge is 0.109 e. The fourth-order valence-corrected chi connectivity index (χ4v) is 2.87. The summed E-state index contributed by atoms with van der Waals surface area (Å²) >= 11 is 0. The molecule has 1 aromatic carbocycles. The van der Waals surface area contributed by atoms with E-state index in [1.165, 1.54) is 18.4 Å². The Labute approximate surface area is 113 Å². The van der Waals surface area contributed by atoms with E-state index >= 15 is 0 Å². The quantitative estimate of drug-likeness (QED) is 0.915. The van der Waals surface area contributed by atoms with Crippen LogP contribution < -0.4 is 5.73 Å². The Hall–Kier alpha value is -1.39. The summed E-state index contributed by atoms with van der Waals surface area (Å²) in [4.78, 5) is 4.77. The first-order valence-electron chi connectivity index (χ1n) is 7.04. The zero-order valence-corrected chi connectivity index (χ0v) is 11.4. The van der Waals surface area contributed by atoms with Crippen LogP contribution in [0.4, 0.5) is 0 Å². The molecule has 4 nitrogen and oxygen atoms in total. The van der Waals surface area contributed by atoms with Crippen molar-refractivity contribution < 1.29 is 4.74 Å². The third-order valence-corrected chi connectivity index (χ3v) is 4.02. The van der Waals surface area contributed by atoms with Crippen LogP contribution in [-0.4, -0.2) is 22.3 Å². The molecule has 0 spiro atoms. The van der Waals surface area contributed by atoms with Crippen molar-refractivity contribution >= 4 is 11.0 Å². The SMILES string of the molecule is Cn1c(CCC2CCCO2)nc2c(CN)cccc21. The van der Waals surface area contributed by atoms with Gasteiger partial charge in [0.05, 0.1) is 17.1 Å². The molecule has 1 atom stereocenters. The molecule has 0 saturated carbocycles. The van der Waals surface area contributed by atoms with E-state index in [4.69, 9.17) is 15.5 Å². The van der Waals surface area contributed by atoms with Crippen molar-refractivity contribution in [3.63, 3.8) is 0 Å². The number of nitrogens with two attached hydrogens (primary N) is 1. The second kappa shape index (κ2) is 5.31. The van der Waals surface area contributed by atoms with E-state index in [0.29, 0.717) is 12.6 Å². The summed E-state index contributed by atoms with van der Waals surface area (Å²) in [6.45, 7) is 1.46. The molecule has 1 aliphatic rings. The van der Waals surface area contributed by atoms with Crippen molar-refractivity contribution in [1.82, 2.24) is 9.55 Å². The van der Waals surface area contributed by atoms with Crippen molar-refractivity contribution in [2.24, 2.45) is 12.8 Å². The molecule has 2 N–H and O–H groups in total. The average Bonchev–Trinajstić information content (AvgIpc) is 3.05. The first-order valence-corrected chi connectivity index (χ1v) is 7.04. The molecule has 4 heteroatoms. The van der Waals surface area contributed by atoms with Crippen LogP contribution in [0.1, 0.15) is 30.7 Å². The van der Waals surface area contributed by atoms with Crippen LogP contribution in [0.15, 0.2) is 18.2 Å². The summed E-state index contributed by atoms with van der Waals surface area (Å²) < 4.78 is 7.86. The van der Waals surface area contributed by atoms with Gasteiger partial charge in [-0.25, -0.2) is 4.98 Å². The van der Waals surface area contributed by atoms with Gasteiger partial charge in [0.2, 0.25) is 0 Å². The minimum atomic E-state index is 0.425. The minimum absolute atomic E-state index is 0.425. The summed E-state index contributed by atoms with van der Waals surface area (Å²) in [5.74, 6) is 1.13. The lowest BCUT2D eigenvalue weighted by Gasteiger charge is -2.08. The second-order valence-electron chi connectivity index (χ2n) is 5.25. The molecule has 1 aromatic heterocycles. The molecular formula is C15H21N3O. The lowest BCUT2D eigenvalue weighted by Crippen LogP contribution is -2.08. The van der Waals surface area contributed by atoms with E-state index in [0.717, 1.165) is 36.4 Å². The molecule has 1 aliphatic heterocycles. The molecule has 2 aromatic rings. The highest BCUT2D eigenvalue weighted by molar-refractivity contribution is 5.79. The van der Waals surface area contributed by atoms with Gasteiger partial charge in [0.15, 0.2) is 0 Å². The van der Waals surface area contributed by atoms with Gasteiger partial charge in [-0.1, -0.05) is 12.1 Å². The fraction of sp³-hybridized carbons (Fsp3) is 0.533. The maximum atomic E-state index is 5.78. The molecule has 2 heterocycles. The summed E-state index contributed by atoms with van der Waals surface area (Å²) in [6, 6.07) is 6.21. The van der Waals surface area contributed by atoms with Gasteiger partial charge >= 0.3 is 0 Å². The van der Waals surface area contributed by atoms with Crippen LogP contribution in [0.3, 0.4) is 0 Å². The van der Waals surface area contributed by atoms with Gasteiger partial charge in [0.25, 0.3) is 0 Å². The van der Waals surface area contributed by atoms with Crippen molar-refractivity contribution in [3.8, 4) is 0 Å². The van der Waals surface area contributed by atoms with E-state index in [1.54, 1.807) is 0 Å². The van der Waals surface area contributed by atoms with Gasteiger partial charge in [-0.15, -0.1) is 0 Å². The van der Waals surface area contributed by atoms with Crippen LogP contribution in [0.25, 0.3) is 11.0 Å². The Kier molecular flexibility index (Phi) is 3.53. The molecule has 102 valence electrons. The van der Waals surface area contributed by atoms with Gasteiger partial charge in [0.1, 0.15) is 5.82 Å². The van der Waals surface area contributed by atoms with Crippen LogP contribution >= 0.6 is 0 Å². The zero-order chi connectivity index (χ0) is 13.2. The standard InChI is InChI=1S/C15H21N3O/c1-18-13-6-2-4-11(10-16)15(13)17-14(18)8-7-12-5-3-9-19-12/h2,4,6,12H,3,5,7-10,16H2,1H3. The van der Waals surface area contributed by atoms with Crippen LogP contribution in [0.2, 0.25) is 0 Å². The van der Waals surface area contributed by atoms with Crippen LogP contribution in [0.5, 0.6) is 0 Å². The summed E-state index contributed by atoms with van der Waals surface area (Å²) in [5, 5.41) is 0. The molecule has 0 amide bonds. The minimum Gasteiger partial charge on any atom is -0.378 e. The van der Waals surface area contributed by atoms with Crippen LogP contribution in [0, 0.1) is 0 Å². The fourth-order valence-electron chi connectivity index (χ4n) is 2.87. The molecule has 1 fully saturated rings. The lowest BCUT2D eigenvalue weighted by molar-refractivity contribution is 0.104. The first-order chi connectivity index (χ1) is 9.29. The largest absolute Gasteiger partial charge is 0.378 e. The molecule has 0 bridgehead atoms. The number of aryl methyl sites for hydroxylation is 2. The number of ether oxygens (including phenoxy) is 1. The molecule has 3 rings (SSSR count). The van der Waals surface area contributed by atoms with E-state index in [1.807, 2.05) is 0 Å². The third-order valence-electron chi connectivity index (χ3n) is 4.02. The average molecular weight is 259 g/mol.